The van der Waals surface area contributed by atoms with Crippen LogP contribution in [0.5, 0.6) is 5.75 Å². The van der Waals surface area contributed by atoms with Gasteiger partial charge < -0.3 is 14.9 Å². The van der Waals surface area contributed by atoms with Crippen LogP contribution in [0.1, 0.15) is 38.9 Å². The summed E-state index contributed by atoms with van der Waals surface area (Å²) in [5, 5.41) is 19.0. The molecule has 0 radical (unpaired) electrons. The molecule has 0 aliphatic rings. The van der Waals surface area contributed by atoms with Crippen molar-refractivity contribution in [2.45, 2.75) is 20.1 Å². The lowest BCUT2D eigenvalue weighted by Crippen LogP contribution is -1.94. The molecular formula is C26H26O3. The molecule has 0 heterocycles. The molecule has 0 unspecified atom stereocenters. The van der Waals surface area contributed by atoms with Crippen LogP contribution < -0.4 is 4.74 Å². The van der Waals surface area contributed by atoms with Crippen molar-refractivity contribution in [3.63, 3.8) is 0 Å². The van der Waals surface area contributed by atoms with Gasteiger partial charge in [-0.3, -0.25) is 0 Å². The van der Waals surface area contributed by atoms with E-state index in [4.69, 9.17) is 9.84 Å². The minimum Gasteiger partial charge on any atom is -0.496 e. The molecule has 0 aliphatic carbocycles. The molecule has 3 aromatic carbocycles. The van der Waals surface area contributed by atoms with Crippen molar-refractivity contribution in [3.05, 3.63) is 99.6 Å². The number of hydrogen-bond acceptors (Lipinski definition) is 3. The molecule has 0 saturated heterocycles. The van der Waals surface area contributed by atoms with Crippen LogP contribution in [-0.2, 0) is 13.2 Å². The van der Waals surface area contributed by atoms with E-state index < -0.39 is 0 Å². The van der Waals surface area contributed by atoms with Gasteiger partial charge in [-0.2, -0.15) is 0 Å². The summed E-state index contributed by atoms with van der Waals surface area (Å²) in [6, 6.07) is 20.0. The van der Waals surface area contributed by atoms with Crippen LogP contribution in [0, 0.1) is 6.92 Å². The number of hydrogen-bond donors (Lipinski definition) is 2. The van der Waals surface area contributed by atoms with Gasteiger partial charge in [-0.1, -0.05) is 78.4 Å². The fourth-order valence-electron chi connectivity index (χ4n) is 3.04. The van der Waals surface area contributed by atoms with Crippen molar-refractivity contribution in [2.75, 3.05) is 7.11 Å². The number of rotatable bonds is 7. The second-order valence-electron chi connectivity index (χ2n) is 6.93. The standard InChI is InChI=1S/C26H26O3/c1-19-3-5-20(6-4-19)12-14-24-15-23(25(18-28)16-26(24)29-2)13-11-21-7-9-22(17-27)10-8-21/h3-16,27-28H,17-18H2,1-2H3/b13-11+,14-12+. The lowest BCUT2D eigenvalue weighted by Gasteiger charge is -2.11. The van der Waals surface area contributed by atoms with Crippen LogP contribution >= 0.6 is 0 Å². The lowest BCUT2D eigenvalue weighted by molar-refractivity contribution is 0.280. The largest absolute Gasteiger partial charge is 0.496 e. The molecule has 0 atom stereocenters. The number of aliphatic hydroxyl groups excluding tert-OH is 2. The fourth-order valence-corrected chi connectivity index (χ4v) is 3.04. The Morgan fingerprint density at radius 2 is 1.31 bits per heavy atom. The fraction of sp³-hybridized carbons (Fsp3) is 0.154. The van der Waals surface area contributed by atoms with Gasteiger partial charge >= 0.3 is 0 Å². The predicted molar refractivity (Wildman–Crippen MR) is 120 cm³/mol. The monoisotopic (exact) mass is 386 g/mol. The first-order valence-electron chi connectivity index (χ1n) is 9.57. The average molecular weight is 386 g/mol. The summed E-state index contributed by atoms with van der Waals surface area (Å²) >= 11 is 0. The Hall–Kier alpha value is -3.14. The summed E-state index contributed by atoms with van der Waals surface area (Å²) in [5.41, 5.74) is 6.93. The number of aliphatic hydroxyl groups is 2. The second-order valence-corrected chi connectivity index (χ2v) is 6.93. The van der Waals surface area contributed by atoms with Crippen LogP contribution in [0.3, 0.4) is 0 Å². The molecule has 0 saturated carbocycles. The van der Waals surface area contributed by atoms with Gasteiger partial charge in [-0.25, -0.2) is 0 Å². The van der Waals surface area contributed by atoms with Crippen molar-refractivity contribution in [3.8, 4) is 5.75 Å². The van der Waals surface area contributed by atoms with E-state index in [-0.39, 0.29) is 13.2 Å². The third kappa shape index (κ3) is 5.44. The van der Waals surface area contributed by atoms with Crippen molar-refractivity contribution in [2.24, 2.45) is 0 Å². The Bertz CT molecular complexity index is 997. The zero-order valence-corrected chi connectivity index (χ0v) is 16.8. The third-order valence-electron chi connectivity index (χ3n) is 4.81. The molecule has 3 aromatic rings. The Labute approximate surface area is 172 Å². The molecule has 29 heavy (non-hydrogen) atoms. The zero-order chi connectivity index (χ0) is 20.6. The molecule has 3 rings (SSSR count). The first-order valence-corrected chi connectivity index (χ1v) is 9.57. The van der Waals surface area contributed by atoms with Crippen LogP contribution in [0.4, 0.5) is 0 Å². The van der Waals surface area contributed by atoms with Gasteiger partial charge in [0.05, 0.1) is 20.3 Å². The quantitative estimate of drug-likeness (QED) is 0.540. The van der Waals surface area contributed by atoms with Gasteiger partial charge in [0.2, 0.25) is 0 Å². The summed E-state index contributed by atoms with van der Waals surface area (Å²) in [6.07, 6.45) is 8.06. The summed E-state index contributed by atoms with van der Waals surface area (Å²) < 4.78 is 5.53. The normalized spacial score (nSPS) is 11.4. The molecule has 0 spiro atoms. The smallest absolute Gasteiger partial charge is 0.126 e. The number of aryl methyl sites for hydroxylation is 1. The number of ether oxygens (including phenoxy) is 1. The van der Waals surface area contributed by atoms with Crippen LogP contribution in [0.25, 0.3) is 24.3 Å². The van der Waals surface area contributed by atoms with E-state index in [9.17, 15) is 5.11 Å². The highest BCUT2D eigenvalue weighted by Crippen LogP contribution is 2.27. The summed E-state index contributed by atoms with van der Waals surface area (Å²) in [4.78, 5) is 0. The molecular weight excluding hydrogens is 360 g/mol. The average Bonchev–Trinajstić information content (AvgIpc) is 2.77. The first kappa shape index (κ1) is 20.6. The molecule has 0 aliphatic heterocycles. The van der Waals surface area contributed by atoms with E-state index in [1.165, 1.54) is 5.56 Å². The van der Waals surface area contributed by atoms with Gasteiger partial charge in [0.1, 0.15) is 5.75 Å². The molecule has 2 N–H and O–H groups in total. The SMILES string of the molecule is COc1cc(CO)c(/C=C/c2ccc(CO)cc2)cc1/C=C/c1ccc(C)cc1. The highest BCUT2D eigenvalue weighted by atomic mass is 16.5. The van der Waals surface area contributed by atoms with Gasteiger partial charge in [-0.05, 0) is 46.9 Å². The van der Waals surface area contributed by atoms with Crippen molar-refractivity contribution in [1.29, 1.82) is 0 Å². The molecule has 148 valence electrons. The van der Waals surface area contributed by atoms with Gasteiger partial charge in [0, 0.05) is 5.56 Å². The summed E-state index contributed by atoms with van der Waals surface area (Å²) in [7, 11) is 1.64. The van der Waals surface area contributed by atoms with E-state index in [2.05, 4.69) is 37.3 Å². The predicted octanol–water partition coefficient (Wildman–Crippen LogP) is 5.33. The van der Waals surface area contributed by atoms with E-state index in [0.29, 0.717) is 0 Å². The van der Waals surface area contributed by atoms with Gasteiger partial charge in [-0.15, -0.1) is 0 Å². The van der Waals surface area contributed by atoms with Crippen LogP contribution in [0.2, 0.25) is 0 Å². The Morgan fingerprint density at radius 1 is 0.724 bits per heavy atom. The minimum atomic E-state index is -0.0680. The van der Waals surface area contributed by atoms with Gasteiger partial charge in [0.25, 0.3) is 0 Å². The van der Waals surface area contributed by atoms with Crippen LogP contribution in [0.15, 0.2) is 60.7 Å². The first-order chi connectivity index (χ1) is 14.1. The van der Waals surface area contributed by atoms with E-state index in [1.807, 2.05) is 54.6 Å². The highest BCUT2D eigenvalue weighted by molar-refractivity contribution is 5.78. The maximum Gasteiger partial charge on any atom is 0.126 e. The Morgan fingerprint density at radius 3 is 1.86 bits per heavy atom. The molecule has 0 bridgehead atoms. The number of benzene rings is 3. The minimum absolute atomic E-state index is 0.0355. The van der Waals surface area contributed by atoms with E-state index >= 15 is 0 Å². The zero-order valence-electron chi connectivity index (χ0n) is 16.8. The van der Waals surface area contributed by atoms with Crippen molar-refractivity contribution >= 4 is 24.3 Å². The molecule has 3 nitrogen and oxygen atoms in total. The van der Waals surface area contributed by atoms with Crippen molar-refractivity contribution in [1.82, 2.24) is 0 Å². The highest BCUT2D eigenvalue weighted by Gasteiger charge is 2.07. The van der Waals surface area contributed by atoms with Crippen molar-refractivity contribution < 1.29 is 14.9 Å². The van der Waals surface area contributed by atoms with Gasteiger partial charge in [0.15, 0.2) is 0 Å². The topological polar surface area (TPSA) is 49.7 Å². The lowest BCUT2D eigenvalue weighted by atomic mass is 10.0. The molecule has 0 fully saturated rings. The third-order valence-corrected chi connectivity index (χ3v) is 4.81. The maximum absolute atomic E-state index is 9.79. The molecule has 0 aromatic heterocycles. The Kier molecular flexibility index (Phi) is 7.01. The van der Waals surface area contributed by atoms with E-state index in [1.54, 1.807) is 7.11 Å². The van der Waals surface area contributed by atoms with E-state index in [0.717, 1.165) is 39.1 Å². The number of methoxy groups -OCH3 is 1. The summed E-state index contributed by atoms with van der Waals surface area (Å²) in [6.45, 7) is 2.04. The maximum atomic E-state index is 9.79. The van der Waals surface area contributed by atoms with Crippen LogP contribution in [-0.4, -0.2) is 17.3 Å². The molecule has 0 amide bonds. The molecule has 3 heteroatoms. The second kappa shape index (κ2) is 9.87. The Balaban J connectivity index is 1.92. The summed E-state index contributed by atoms with van der Waals surface area (Å²) in [5.74, 6) is 0.724.